The second-order valence-electron chi connectivity index (χ2n) is 3.78. The molecule has 0 heterocycles. The fourth-order valence-corrected chi connectivity index (χ4v) is 1.40. The molecule has 0 spiro atoms. The molecule has 0 amide bonds. The summed E-state index contributed by atoms with van der Waals surface area (Å²) in [5.74, 6) is -1.32. The van der Waals surface area contributed by atoms with Crippen LogP contribution >= 0.6 is 0 Å². The van der Waals surface area contributed by atoms with Crippen molar-refractivity contribution >= 4 is 0 Å². The molecule has 2 heteroatoms. The van der Waals surface area contributed by atoms with Crippen molar-refractivity contribution < 1.29 is 9.84 Å². The van der Waals surface area contributed by atoms with Crippen LogP contribution in [0.3, 0.4) is 0 Å². The lowest BCUT2D eigenvalue weighted by atomic mass is 10.1. The third-order valence-corrected chi connectivity index (χ3v) is 1.78. The van der Waals surface area contributed by atoms with E-state index in [1.54, 1.807) is 0 Å². The highest BCUT2D eigenvalue weighted by molar-refractivity contribution is 5.16. The lowest BCUT2D eigenvalue weighted by Crippen LogP contribution is -2.34. The van der Waals surface area contributed by atoms with Gasteiger partial charge < -0.3 is 9.84 Å². The zero-order valence-corrected chi connectivity index (χ0v) is 8.73. The molecule has 1 unspecified atom stereocenters. The van der Waals surface area contributed by atoms with E-state index in [0.717, 1.165) is 5.56 Å². The lowest BCUT2D eigenvalue weighted by Gasteiger charge is -2.26. The number of hydrogen-bond donors (Lipinski definition) is 1. The molecule has 0 aliphatic carbocycles. The predicted octanol–water partition coefficient (Wildman–Crippen LogP) is 2.18. The zero-order valence-electron chi connectivity index (χ0n) is 8.73. The largest absolute Gasteiger partial charge is 0.365 e. The van der Waals surface area contributed by atoms with Gasteiger partial charge in [-0.2, -0.15) is 0 Å². The fourth-order valence-electron chi connectivity index (χ4n) is 1.40. The Labute approximate surface area is 85.5 Å². The highest BCUT2D eigenvalue weighted by atomic mass is 16.6. The van der Waals surface area contributed by atoms with Crippen molar-refractivity contribution in [2.24, 2.45) is 0 Å². The van der Waals surface area contributed by atoms with Crippen LogP contribution in [-0.4, -0.2) is 17.0 Å². The van der Waals surface area contributed by atoms with Gasteiger partial charge in [0.15, 0.2) is 5.79 Å². The minimum atomic E-state index is -1.32. The Morgan fingerprint density at radius 2 is 1.93 bits per heavy atom. The molecule has 1 aromatic carbocycles. The molecule has 2 nitrogen and oxygen atoms in total. The normalized spacial score (nSPS) is 15.5. The van der Waals surface area contributed by atoms with Crippen LogP contribution in [0.5, 0.6) is 0 Å². The van der Waals surface area contributed by atoms with E-state index < -0.39 is 5.79 Å². The van der Waals surface area contributed by atoms with Crippen LogP contribution in [0.2, 0.25) is 0 Å². The van der Waals surface area contributed by atoms with Crippen LogP contribution in [0.1, 0.15) is 19.4 Å². The lowest BCUT2D eigenvalue weighted by molar-refractivity contribution is -0.189. The summed E-state index contributed by atoms with van der Waals surface area (Å²) in [6.07, 6.45) is 0.382. The Kier molecular flexibility index (Phi) is 3.67. The summed E-state index contributed by atoms with van der Waals surface area (Å²) in [6, 6.07) is 9.69. The van der Waals surface area contributed by atoms with E-state index in [1.807, 2.05) is 44.2 Å². The van der Waals surface area contributed by atoms with Crippen molar-refractivity contribution in [3.05, 3.63) is 42.8 Å². The minimum absolute atomic E-state index is 0.0267. The first-order valence-electron chi connectivity index (χ1n) is 4.79. The van der Waals surface area contributed by atoms with E-state index in [4.69, 9.17) is 4.74 Å². The molecule has 1 rings (SSSR count). The molecular formula is C12H17O2. The van der Waals surface area contributed by atoms with Crippen LogP contribution in [0.15, 0.2) is 30.3 Å². The maximum Gasteiger partial charge on any atom is 0.170 e. The molecule has 14 heavy (non-hydrogen) atoms. The second-order valence-corrected chi connectivity index (χ2v) is 3.78. The van der Waals surface area contributed by atoms with Crippen LogP contribution in [0.4, 0.5) is 0 Å². The molecule has 0 aliphatic heterocycles. The first-order valence-corrected chi connectivity index (χ1v) is 4.79. The Morgan fingerprint density at radius 3 is 2.43 bits per heavy atom. The van der Waals surface area contributed by atoms with E-state index >= 15 is 0 Å². The summed E-state index contributed by atoms with van der Waals surface area (Å²) in [5.41, 5.74) is 1.02. The molecule has 1 N–H and O–H groups in total. The summed E-state index contributed by atoms with van der Waals surface area (Å²) >= 11 is 0. The summed E-state index contributed by atoms with van der Waals surface area (Å²) in [5, 5.41) is 9.80. The Morgan fingerprint density at radius 1 is 1.36 bits per heavy atom. The van der Waals surface area contributed by atoms with Gasteiger partial charge >= 0.3 is 0 Å². The van der Waals surface area contributed by atoms with Gasteiger partial charge in [0.25, 0.3) is 0 Å². The maximum atomic E-state index is 9.80. The van der Waals surface area contributed by atoms with Gasteiger partial charge in [-0.1, -0.05) is 30.3 Å². The monoisotopic (exact) mass is 193 g/mol. The number of aliphatic hydroxyl groups is 1. The third-order valence-electron chi connectivity index (χ3n) is 1.78. The van der Waals surface area contributed by atoms with Crippen LogP contribution in [-0.2, 0) is 11.2 Å². The molecule has 0 aliphatic rings. The van der Waals surface area contributed by atoms with Gasteiger partial charge in [-0.3, -0.25) is 0 Å². The van der Waals surface area contributed by atoms with Crippen molar-refractivity contribution in [3.8, 4) is 0 Å². The molecule has 1 atom stereocenters. The number of benzene rings is 1. The molecule has 0 bridgehead atoms. The van der Waals surface area contributed by atoms with Crippen LogP contribution in [0, 0.1) is 6.92 Å². The van der Waals surface area contributed by atoms with Crippen molar-refractivity contribution in [1.82, 2.24) is 0 Å². The Hall–Kier alpha value is -0.860. The van der Waals surface area contributed by atoms with E-state index in [1.165, 1.54) is 0 Å². The Bertz CT molecular complexity index is 265. The van der Waals surface area contributed by atoms with Gasteiger partial charge in [-0.05, 0) is 19.4 Å². The van der Waals surface area contributed by atoms with Gasteiger partial charge in [0, 0.05) is 13.3 Å². The standard InChI is InChI=1S/C12H17O2/c1-10(2)14-12(3,13)9-11-7-5-4-6-8-11/h4-8,10,13H,3,9H2,1-2H3. The average molecular weight is 193 g/mol. The Balaban J connectivity index is 2.59. The third kappa shape index (κ3) is 3.90. The smallest absolute Gasteiger partial charge is 0.170 e. The van der Waals surface area contributed by atoms with Gasteiger partial charge in [-0.25, -0.2) is 0 Å². The SMILES string of the molecule is [CH2]C(O)(Cc1ccccc1)OC(C)C. The van der Waals surface area contributed by atoms with Crippen molar-refractivity contribution in [1.29, 1.82) is 0 Å². The first-order chi connectivity index (χ1) is 6.49. The molecule has 0 saturated heterocycles. The number of ether oxygens (including phenoxy) is 1. The average Bonchev–Trinajstić information content (AvgIpc) is 2.02. The molecule has 0 saturated carbocycles. The molecule has 77 valence electrons. The minimum Gasteiger partial charge on any atom is -0.365 e. The zero-order chi connectivity index (χ0) is 10.6. The fraction of sp³-hybridized carbons (Fsp3) is 0.417. The number of hydrogen-bond acceptors (Lipinski definition) is 2. The van der Waals surface area contributed by atoms with Gasteiger partial charge in [0.2, 0.25) is 0 Å². The summed E-state index contributed by atoms with van der Waals surface area (Å²) in [7, 11) is 0. The summed E-state index contributed by atoms with van der Waals surface area (Å²) < 4.78 is 5.29. The van der Waals surface area contributed by atoms with Gasteiger partial charge in [0.1, 0.15) is 0 Å². The van der Waals surface area contributed by atoms with E-state index in [2.05, 4.69) is 6.92 Å². The first kappa shape index (κ1) is 11.2. The van der Waals surface area contributed by atoms with Crippen molar-refractivity contribution in [3.63, 3.8) is 0 Å². The molecular weight excluding hydrogens is 176 g/mol. The van der Waals surface area contributed by atoms with Crippen molar-refractivity contribution in [2.45, 2.75) is 32.2 Å². The topological polar surface area (TPSA) is 29.5 Å². The number of rotatable bonds is 4. The predicted molar refractivity (Wildman–Crippen MR) is 56.7 cm³/mol. The quantitative estimate of drug-likeness (QED) is 0.743. The van der Waals surface area contributed by atoms with E-state index in [9.17, 15) is 5.11 Å². The highest BCUT2D eigenvalue weighted by Crippen LogP contribution is 2.15. The maximum absolute atomic E-state index is 9.80. The van der Waals surface area contributed by atoms with Gasteiger partial charge in [0.05, 0.1) is 6.10 Å². The van der Waals surface area contributed by atoms with E-state index in [-0.39, 0.29) is 6.10 Å². The van der Waals surface area contributed by atoms with Crippen LogP contribution < -0.4 is 0 Å². The highest BCUT2D eigenvalue weighted by Gasteiger charge is 2.22. The summed E-state index contributed by atoms with van der Waals surface area (Å²) in [4.78, 5) is 0. The molecule has 1 aromatic rings. The molecule has 1 radical (unpaired) electrons. The summed E-state index contributed by atoms with van der Waals surface area (Å²) in [6.45, 7) is 7.39. The van der Waals surface area contributed by atoms with Crippen molar-refractivity contribution in [2.75, 3.05) is 0 Å². The molecule has 0 fully saturated rings. The second kappa shape index (κ2) is 4.58. The van der Waals surface area contributed by atoms with Gasteiger partial charge in [-0.15, -0.1) is 0 Å². The van der Waals surface area contributed by atoms with Crippen LogP contribution in [0.25, 0.3) is 0 Å². The van der Waals surface area contributed by atoms with E-state index in [0.29, 0.717) is 6.42 Å². The molecule has 0 aromatic heterocycles.